The van der Waals surface area contributed by atoms with Crippen molar-refractivity contribution in [2.45, 2.75) is 0 Å². The largest absolute Gasteiger partial charge is 0.207 e. The molecule has 0 nitrogen and oxygen atoms in total. The van der Waals surface area contributed by atoms with Crippen LogP contribution in [0.5, 0.6) is 0 Å². The smallest absolute Gasteiger partial charge is 0.124 e. The summed E-state index contributed by atoms with van der Waals surface area (Å²) >= 11 is 3.12. The SMILES string of the molecule is Fc1cccc(Br)c1.[Mg]. The normalized spacial score (nSPS) is 8.22. The maximum atomic E-state index is 12.1. The van der Waals surface area contributed by atoms with E-state index in [0.717, 1.165) is 4.47 Å². The molecule has 1 rings (SSSR count). The molecule has 0 unspecified atom stereocenters. The van der Waals surface area contributed by atoms with E-state index in [0.29, 0.717) is 0 Å². The zero-order valence-corrected chi connectivity index (χ0v) is 7.77. The van der Waals surface area contributed by atoms with E-state index in [1.54, 1.807) is 12.1 Å². The van der Waals surface area contributed by atoms with Crippen LogP contribution in [0.25, 0.3) is 0 Å². The molecule has 0 amide bonds. The van der Waals surface area contributed by atoms with Crippen LogP contribution in [0.2, 0.25) is 0 Å². The number of benzene rings is 1. The lowest BCUT2D eigenvalue weighted by Gasteiger charge is -1.85. The molecule has 0 aliphatic heterocycles. The Balaban J connectivity index is 0.000000640. The van der Waals surface area contributed by atoms with Gasteiger partial charge in [-0.05, 0) is 18.2 Å². The molecule has 0 fully saturated rings. The van der Waals surface area contributed by atoms with Crippen LogP contribution >= 0.6 is 15.9 Å². The average Bonchev–Trinajstić information content (AvgIpc) is 1.64. The topological polar surface area (TPSA) is 0 Å². The molecule has 0 heterocycles. The summed E-state index contributed by atoms with van der Waals surface area (Å²) in [5, 5.41) is 0. The zero-order chi connectivity index (χ0) is 5.98. The Morgan fingerprint density at radius 2 is 2.00 bits per heavy atom. The summed E-state index contributed by atoms with van der Waals surface area (Å²) in [4.78, 5) is 0. The molecule has 0 atom stereocenters. The van der Waals surface area contributed by atoms with E-state index in [4.69, 9.17) is 0 Å². The predicted molar refractivity (Wildman–Crippen MR) is 39.9 cm³/mol. The molecule has 0 spiro atoms. The van der Waals surface area contributed by atoms with Gasteiger partial charge in [0.05, 0.1) is 0 Å². The van der Waals surface area contributed by atoms with Crippen molar-refractivity contribution in [2.24, 2.45) is 0 Å². The number of hydrogen-bond donors (Lipinski definition) is 0. The standard InChI is InChI=1S/C6H4BrF.Mg/c7-5-2-1-3-6(8)4-5;/h1-4H;. The second kappa shape index (κ2) is 4.25. The first-order chi connectivity index (χ1) is 3.79. The van der Waals surface area contributed by atoms with Gasteiger partial charge in [0.15, 0.2) is 0 Å². The summed E-state index contributed by atoms with van der Waals surface area (Å²) in [7, 11) is 0. The molecule has 0 aliphatic rings. The van der Waals surface area contributed by atoms with Gasteiger partial charge in [-0.15, -0.1) is 0 Å². The van der Waals surface area contributed by atoms with Crippen molar-refractivity contribution in [3.05, 3.63) is 34.6 Å². The fraction of sp³-hybridized carbons (Fsp3) is 0. The predicted octanol–water partition coefficient (Wildman–Crippen LogP) is 2.21. The van der Waals surface area contributed by atoms with Gasteiger partial charge in [-0.3, -0.25) is 0 Å². The van der Waals surface area contributed by atoms with Crippen LogP contribution in [0, 0.1) is 5.82 Å². The summed E-state index contributed by atoms with van der Waals surface area (Å²) in [5.41, 5.74) is 0. The Morgan fingerprint density at radius 3 is 2.33 bits per heavy atom. The first-order valence-corrected chi connectivity index (χ1v) is 2.99. The van der Waals surface area contributed by atoms with Gasteiger partial charge >= 0.3 is 0 Å². The fourth-order valence-electron chi connectivity index (χ4n) is 0.460. The highest BCUT2D eigenvalue weighted by molar-refractivity contribution is 9.10. The van der Waals surface area contributed by atoms with Crippen LogP contribution < -0.4 is 0 Å². The molecule has 0 saturated heterocycles. The van der Waals surface area contributed by atoms with E-state index in [9.17, 15) is 4.39 Å². The maximum absolute atomic E-state index is 12.1. The van der Waals surface area contributed by atoms with Crippen LogP contribution in [-0.4, -0.2) is 23.1 Å². The van der Waals surface area contributed by atoms with E-state index in [2.05, 4.69) is 15.9 Å². The van der Waals surface area contributed by atoms with Crippen LogP contribution in [0.15, 0.2) is 28.7 Å². The summed E-state index contributed by atoms with van der Waals surface area (Å²) < 4.78 is 12.9. The van der Waals surface area contributed by atoms with Gasteiger partial charge in [0.1, 0.15) is 5.82 Å². The van der Waals surface area contributed by atoms with Gasteiger partial charge in [0, 0.05) is 27.5 Å². The number of hydrogen-bond acceptors (Lipinski definition) is 0. The van der Waals surface area contributed by atoms with Crippen LogP contribution in [0.1, 0.15) is 0 Å². The Hall–Kier alpha value is 0.396. The molecule has 9 heavy (non-hydrogen) atoms. The first-order valence-electron chi connectivity index (χ1n) is 2.20. The maximum Gasteiger partial charge on any atom is 0.124 e. The molecule has 2 radical (unpaired) electrons. The van der Waals surface area contributed by atoms with Crippen LogP contribution in [0.4, 0.5) is 4.39 Å². The van der Waals surface area contributed by atoms with E-state index in [1.807, 2.05) is 0 Å². The molecule has 0 bridgehead atoms. The second-order valence-electron chi connectivity index (χ2n) is 1.44. The number of halogens is 2. The molecule has 44 valence electrons. The second-order valence-corrected chi connectivity index (χ2v) is 2.36. The lowest BCUT2D eigenvalue weighted by Crippen LogP contribution is -1.68. The van der Waals surface area contributed by atoms with Crippen molar-refractivity contribution >= 4 is 39.0 Å². The van der Waals surface area contributed by atoms with Gasteiger partial charge in [0.2, 0.25) is 0 Å². The Kier molecular flexibility index (Phi) is 4.44. The van der Waals surface area contributed by atoms with E-state index in [-0.39, 0.29) is 28.9 Å². The van der Waals surface area contributed by atoms with Crippen molar-refractivity contribution in [1.29, 1.82) is 0 Å². The number of rotatable bonds is 0. The zero-order valence-electron chi connectivity index (χ0n) is 4.77. The summed E-state index contributed by atoms with van der Waals surface area (Å²) in [6.45, 7) is 0. The molecule has 0 N–H and O–H groups in total. The van der Waals surface area contributed by atoms with Crippen molar-refractivity contribution in [3.8, 4) is 0 Å². The Labute approximate surface area is 77.7 Å². The van der Waals surface area contributed by atoms with Crippen molar-refractivity contribution in [3.63, 3.8) is 0 Å². The third-order valence-corrected chi connectivity index (χ3v) is 1.28. The van der Waals surface area contributed by atoms with Gasteiger partial charge in [0.25, 0.3) is 0 Å². The lowest BCUT2D eigenvalue weighted by molar-refractivity contribution is 0.627. The highest BCUT2D eigenvalue weighted by Crippen LogP contribution is 2.09. The van der Waals surface area contributed by atoms with Crippen molar-refractivity contribution in [2.75, 3.05) is 0 Å². The third kappa shape index (κ3) is 3.18. The van der Waals surface area contributed by atoms with E-state index < -0.39 is 0 Å². The molecule has 0 saturated carbocycles. The molecule has 1 aromatic carbocycles. The molecule has 1 aromatic rings. The molecular weight excluding hydrogens is 195 g/mol. The summed E-state index contributed by atoms with van der Waals surface area (Å²) in [6, 6.07) is 6.26. The summed E-state index contributed by atoms with van der Waals surface area (Å²) in [6.07, 6.45) is 0. The minimum Gasteiger partial charge on any atom is -0.207 e. The van der Waals surface area contributed by atoms with E-state index >= 15 is 0 Å². The minimum atomic E-state index is -0.209. The van der Waals surface area contributed by atoms with Gasteiger partial charge in [-0.1, -0.05) is 22.0 Å². The van der Waals surface area contributed by atoms with E-state index in [1.165, 1.54) is 12.1 Å². The molecule has 0 aliphatic carbocycles. The third-order valence-electron chi connectivity index (χ3n) is 0.787. The summed E-state index contributed by atoms with van der Waals surface area (Å²) in [5.74, 6) is -0.209. The average molecular weight is 199 g/mol. The Bertz CT molecular complexity index is 173. The minimum absolute atomic E-state index is 0. The quantitative estimate of drug-likeness (QED) is 0.562. The van der Waals surface area contributed by atoms with Crippen LogP contribution in [0.3, 0.4) is 0 Å². The molecular formula is C6H4BrFMg. The first kappa shape index (κ1) is 9.40. The van der Waals surface area contributed by atoms with Gasteiger partial charge in [-0.25, -0.2) is 4.39 Å². The monoisotopic (exact) mass is 198 g/mol. The van der Waals surface area contributed by atoms with Gasteiger partial charge in [-0.2, -0.15) is 0 Å². The molecule has 3 heteroatoms. The van der Waals surface area contributed by atoms with Gasteiger partial charge < -0.3 is 0 Å². The lowest BCUT2D eigenvalue weighted by atomic mass is 10.4. The highest BCUT2D eigenvalue weighted by atomic mass is 79.9. The van der Waals surface area contributed by atoms with Crippen LogP contribution in [-0.2, 0) is 0 Å². The van der Waals surface area contributed by atoms with Crippen molar-refractivity contribution < 1.29 is 4.39 Å². The molecule has 0 aromatic heterocycles. The fourth-order valence-corrected chi connectivity index (χ4v) is 0.831. The highest BCUT2D eigenvalue weighted by Gasteiger charge is 1.86. The Morgan fingerprint density at radius 1 is 1.33 bits per heavy atom. The van der Waals surface area contributed by atoms with Crippen molar-refractivity contribution in [1.82, 2.24) is 0 Å².